The lowest BCUT2D eigenvalue weighted by molar-refractivity contribution is 0.177. The second kappa shape index (κ2) is 8.94. The highest BCUT2D eigenvalue weighted by Gasteiger charge is 2.25. The van der Waals surface area contributed by atoms with Crippen molar-refractivity contribution in [2.24, 2.45) is 0 Å². The maximum atomic E-state index is 13.1. The van der Waals surface area contributed by atoms with Gasteiger partial charge in [0.25, 0.3) is 0 Å². The molecular formula is C18H30N2O3S. The Morgan fingerprint density at radius 3 is 2.42 bits per heavy atom. The summed E-state index contributed by atoms with van der Waals surface area (Å²) in [6, 6.07) is 5.65. The minimum atomic E-state index is -3.47. The van der Waals surface area contributed by atoms with Crippen LogP contribution in [-0.4, -0.2) is 65.1 Å². The molecule has 0 aromatic heterocycles. The van der Waals surface area contributed by atoms with Gasteiger partial charge in [-0.25, -0.2) is 8.42 Å². The maximum absolute atomic E-state index is 13.1. The third-order valence-corrected chi connectivity index (χ3v) is 6.41. The first kappa shape index (κ1) is 19.4. The highest BCUT2D eigenvalue weighted by molar-refractivity contribution is 7.89. The Kier molecular flexibility index (Phi) is 7.22. The van der Waals surface area contributed by atoms with Crippen LogP contribution in [0.5, 0.6) is 0 Å². The first-order chi connectivity index (χ1) is 11.4. The zero-order valence-corrected chi connectivity index (χ0v) is 15.9. The minimum Gasteiger partial charge on any atom is -0.383 e. The third-order valence-electron chi connectivity index (χ3n) is 4.52. The molecule has 0 N–H and O–H groups in total. The predicted molar refractivity (Wildman–Crippen MR) is 96.9 cm³/mol. The van der Waals surface area contributed by atoms with Gasteiger partial charge in [0.15, 0.2) is 0 Å². The molecule has 0 amide bonds. The lowest BCUT2D eigenvalue weighted by atomic mass is 9.92. The molecule has 1 aromatic rings. The van der Waals surface area contributed by atoms with Crippen molar-refractivity contribution in [1.29, 1.82) is 0 Å². The first-order valence-corrected chi connectivity index (χ1v) is 10.1. The molecule has 0 saturated heterocycles. The number of benzene rings is 1. The molecule has 1 aromatic carbocycles. The van der Waals surface area contributed by atoms with Crippen molar-refractivity contribution in [2.75, 3.05) is 47.4 Å². The smallest absolute Gasteiger partial charge is 0.243 e. The van der Waals surface area contributed by atoms with Crippen LogP contribution in [0.25, 0.3) is 0 Å². The van der Waals surface area contributed by atoms with Gasteiger partial charge >= 0.3 is 0 Å². The van der Waals surface area contributed by atoms with Crippen LogP contribution in [-0.2, 0) is 27.6 Å². The van der Waals surface area contributed by atoms with Crippen molar-refractivity contribution in [3.8, 4) is 0 Å². The average molecular weight is 355 g/mol. The normalized spacial score (nSPS) is 15.0. The number of hydrogen-bond acceptors (Lipinski definition) is 4. The highest BCUT2D eigenvalue weighted by Crippen LogP contribution is 2.25. The molecule has 6 heteroatoms. The Labute approximate surface area is 146 Å². The zero-order chi connectivity index (χ0) is 17.6. The van der Waals surface area contributed by atoms with Gasteiger partial charge in [0.05, 0.1) is 11.5 Å². The van der Waals surface area contributed by atoms with Crippen molar-refractivity contribution < 1.29 is 13.2 Å². The number of nitrogens with zero attached hydrogens (tertiary/aromatic N) is 2. The summed E-state index contributed by atoms with van der Waals surface area (Å²) in [6.45, 7) is 2.18. The largest absolute Gasteiger partial charge is 0.383 e. The molecule has 0 bridgehead atoms. The van der Waals surface area contributed by atoms with Crippen LogP contribution in [0.15, 0.2) is 23.1 Å². The van der Waals surface area contributed by atoms with Gasteiger partial charge in [0, 0.05) is 20.2 Å². The van der Waals surface area contributed by atoms with Crippen LogP contribution < -0.4 is 0 Å². The second-order valence-electron chi connectivity index (χ2n) is 6.69. The third kappa shape index (κ3) is 5.02. The highest BCUT2D eigenvalue weighted by atomic mass is 32.2. The number of sulfonamides is 1. The monoisotopic (exact) mass is 354 g/mol. The number of fused-ring (bicyclic) bond motifs is 1. The van der Waals surface area contributed by atoms with Gasteiger partial charge in [-0.2, -0.15) is 4.31 Å². The van der Waals surface area contributed by atoms with Gasteiger partial charge in [-0.3, -0.25) is 0 Å². The van der Waals surface area contributed by atoms with Gasteiger partial charge < -0.3 is 9.64 Å². The number of methoxy groups -OCH3 is 1. The summed E-state index contributed by atoms with van der Waals surface area (Å²) in [4.78, 5) is 2.49. The lowest BCUT2D eigenvalue weighted by Gasteiger charge is -2.24. The van der Waals surface area contributed by atoms with Crippen LogP contribution in [0.2, 0.25) is 0 Å². The SMILES string of the molecule is COCCN(CCCN(C)C)S(=O)(=O)c1ccc2c(c1)CCCC2. The van der Waals surface area contributed by atoms with Gasteiger partial charge in [-0.1, -0.05) is 6.07 Å². The summed E-state index contributed by atoms with van der Waals surface area (Å²) in [5.41, 5.74) is 2.50. The number of aryl methyl sites for hydroxylation is 2. The maximum Gasteiger partial charge on any atom is 0.243 e. The van der Waals surface area contributed by atoms with Crippen LogP contribution in [0.3, 0.4) is 0 Å². The zero-order valence-electron chi connectivity index (χ0n) is 15.1. The molecule has 5 nitrogen and oxygen atoms in total. The molecular weight excluding hydrogens is 324 g/mol. The summed E-state index contributed by atoms with van der Waals surface area (Å²) >= 11 is 0. The van der Waals surface area contributed by atoms with E-state index in [1.165, 1.54) is 17.5 Å². The van der Waals surface area contributed by atoms with Crippen molar-refractivity contribution in [1.82, 2.24) is 9.21 Å². The van der Waals surface area contributed by atoms with Crippen molar-refractivity contribution in [3.05, 3.63) is 29.3 Å². The Balaban J connectivity index is 2.19. The van der Waals surface area contributed by atoms with E-state index in [1.54, 1.807) is 17.5 Å². The van der Waals surface area contributed by atoms with Gasteiger partial charge in [0.2, 0.25) is 10.0 Å². The van der Waals surface area contributed by atoms with Crippen molar-refractivity contribution in [3.63, 3.8) is 0 Å². The standard InChI is InChI=1S/C18H30N2O3S/c1-19(2)11-6-12-20(13-14-23-3)24(21,22)18-10-9-16-7-4-5-8-17(16)15-18/h9-10,15H,4-8,11-14H2,1-3H3. The number of rotatable bonds is 9. The summed E-state index contributed by atoms with van der Waals surface area (Å²) in [6.07, 6.45) is 5.19. The summed E-state index contributed by atoms with van der Waals surface area (Å²) in [5.74, 6) is 0. The molecule has 0 unspecified atom stereocenters. The number of ether oxygens (including phenoxy) is 1. The molecule has 0 atom stereocenters. The Bertz CT molecular complexity index is 629. The second-order valence-corrected chi connectivity index (χ2v) is 8.63. The predicted octanol–water partition coefficient (Wildman–Crippen LogP) is 2.15. The topological polar surface area (TPSA) is 49.9 Å². The van der Waals surface area contributed by atoms with E-state index >= 15 is 0 Å². The molecule has 2 rings (SSSR count). The van der Waals surface area contributed by atoms with E-state index in [2.05, 4.69) is 4.90 Å². The summed E-state index contributed by atoms with van der Waals surface area (Å²) in [7, 11) is 2.13. The fourth-order valence-electron chi connectivity index (χ4n) is 3.13. The van der Waals surface area contributed by atoms with E-state index in [9.17, 15) is 8.42 Å². The lowest BCUT2D eigenvalue weighted by Crippen LogP contribution is -2.36. The van der Waals surface area contributed by atoms with Gasteiger partial charge in [0.1, 0.15) is 0 Å². The summed E-state index contributed by atoms with van der Waals surface area (Å²) < 4.78 is 32.8. The van der Waals surface area contributed by atoms with E-state index < -0.39 is 10.0 Å². The Hall–Kier alpha value is -0.950. The van der Waals surface area contributed by atoms with E-state index in [4.69, 9.17) is 4.74 Å². The van der Waals surface area contributed by atoms with E-state index in [0.29, 0.717) is 24.6 Å². The number of hydrogen-bond donors (Lipinski definition) is 0. The van der Waals surface area contributed by atoms with E-state index in [-0.39, 0.29) is 0 Å². The Morgan fingerprint density at radius 2 is 1.75 bits per heavy atom. The molecule has 1 aliphatic carbocycles. The molecule has 0 saturated carbocycles. The van der Waals surface area contributed by atoms with Crippen LogP contribution >= 0.6 is 0 Å². The van der Waals surface area contributed by atoms with E-state index in [0.717, 1.165) is 32.2 Å². The molecule has 24 heavy (non-hydrogen) atoms. The quantitative estimate of drug-likeness (QED) is 0.682. The van der Waals surface area contributed by atoms with Crippen LogP contribution in [0.4, 0.5) is 0 Å². The fraction of sp³-hybridized carbons (Fsp3) is 0.667. The molecule has 136 valence electrons. The molecule has 0 spiro atoms. The summed E-state index contributed by atoms with van der Waals surface area (Å²) in [5, 5.41) is 0. The van der Waals surface area contributed by atoms with Crippen LogP contribution in [0.1, 0.15) is 30.4 Å². The fourth-order valence-corrected chi connectivity index (χ4v) is 4.64. The van der Waals surface area contributed by atoms with Crippen molar-refractivity contribution >= 4 is 10.0 Å². The molecule has 0 fully saturated rings. The first-order valence-electron chi connectivity index (χ1n) is 8.71. The molecule has 0 radical (unpaired) electrons. The van der Waals surface area contributed by atoms with Crippen molar-refractivity contribution in [2.45, 2.75) is 37.0 Å². The molecule has 1 aliphatic rings. The molecule has 0 aliphatic heterocycles. The van der Waals surface area contributed by atoms with Gasteiger partial charge in [-0.05, 0) is 76.0 Å². The molecule has 0 heterocycles. The van der Waals surface area contributed by atoms with Crippen LogP contribution in [0, 0.1) is 0 Å². The minimum absolute atomic E-state index is 0.392. The van der Waals surface area contributed by atoms with E-state index in [1.807, 2.05) is 26.2 Å². The Morgan fingerprint density at radius 1 is 1.04 bits per heavy atom. The average Bonchev–Trinajstić information content (AvgIpc) is 2.57. The van der Waals surface area contributed by atoms with Gasteiger partial charge in [-0.15, -0.1) is 0 Å².